The highest BCUT2D eigenvalue weighted by atomic mass is 19.1. The minimum atomic E-state index is -1.05. The first-order valence-corrected chi connectivity index (χ1v) is 6.61. The van der Waals surface area contributed by atoms with Gasteiger partial charge in [0.05, 0.1) is 5.60 Å². The van der Waals surface area contributed by atoms with Gasteiger partial charge in [-0.1, -0.05) is 45.9 Å². The first kappa shape index (κ1) is 13.5. The second kappa shape index (κ2) is 4.06. The van der Waals surface area contributed by atoms with E-state index in [1.165, 1.54) is 6.07 Å². The minimum absolute atomic E-state index is 0.0266. The van der Waals surface area contributed by atoms with E-state index in [0.29, 0.717) is 18.4 Å². The van der Waals surface area contributed by atoms with Crippen LogP contribution in [0.15, 0.2) is 24.3 Å². The lowest BCUT2D eigenvalue weighted by atomic mass is 9.58. The molecule has 18 heavy (non-hydrogen) atoms. The highest BCUT2D eigenvalue weighted by Crippen LogP contribution is 2.54. The molecule has 1 saturated carbocycles. The standard InChI is InChI=1S/C16H23FO/c1-14(2)9-15(3,4)11-16(18,10-14)12-7-5-6-8-13(12)17/h5-8,18H,9-11H2,1-4H3. The number of halogens is 1. The van der Waals surface area contributed by atoms with E-state index in [-0.39, 0.29) is 16.6 Å². The SMILES string of the molecule is CC1(C)CC(C)(C)CC(O)(c2ccccc2F)C1. The summed E-state index contributed by atoms with van der Waals surface area (Å²) in [6.07, 6.45) is 2.28. The molecule has 0 atom stereocenters. The molecule has 1 aromatic rings. The molecule has 2 heteroatoms. The average Bonchev–Trinajstić information content (AvgIpc) is 2.11. The number of aliphatic hydroxyl groups is 1. The van der Waals surface area contributed by atoms with E-state index in [1.807, 2.05) is 0 Å². The van der Waals surface area contributed by atoms with E-state index in [2.05, 4.69) is 27.7 Å². The highest BCUT2D eigenvalue weighted by molar-refractivity contribution is 5.26. The average molecular weight is 250 g/mol. The van der Waals surface area contributed by atoms with E-state index in [1.54, 1.807) is 18.2 Å². The summed E-state index contributed by atoms with van der Waals surface area (Å²) in [4.78, 5) is 0. The lowest BCUT2D eigenvalue weighted by Gasteiger charge is -2.49. The van der Waals surface area contributed by atoms with E-state index >= 15 is 0 Å². The molecule has 1 fully saturated rings. The third-order valence-corrected chi connectivity index (χ3v) is 3.87. The molecule has 0 spiro atoms. The van der Waals surface area contributed by atoms with Gasteiger partial charge in [0.2, 0.25) is 0 Å². The van der Waals surface area contributed by atoms with Gasteiger partial charge >= 0.3 is 0 Å². The Bertz CT molecular complexity index is 432. The van der Waals surface area contributed by atoms with Crippen LogP contribution < -0.4 is 0 Å². The zero-order chi connectivity index (χ0) is 13.6. The third kappa shape index (κ3) is 2.59. The Morgan fingerprint density at radius 2 is 1.44 bits per heavy atom. The van der Waals surface area contributed by atoms with Crippen LogP contribution in [0, 0.1) is 16.6 Å². The summed E-state index contributed by atoms with van der Waals surface area (Å²) < 4.78 is 14.0. The van der Waals surface area contributed by atoms with Crippen LogP contribution in [0.4, 0.5) is 4.39 Å². The Kier molecular flexibility index (Phi) is 3.05. The second-order valence-electron chi connectivity index (χ2n) is 7.37. The van der Waals surface area contributed by atoms with Crippen LogP contribution in [0.25, 0.3) is 0 Å². The normalized spacial score (nSPS) is 24.8. The van der Waals surface area contributed by atoms with Gasteiger partial charge in [0.15, 0.2) is 0 Å². The molecule has 100 valence electrons. The van der Waals surface area contributed by atoms with Crippen molar-refractivity contribution in [3.63, 3.8) is 0 Å². The Balaban J connectivity index is 2.45. The molecule has 0 radical (unpaired) electrons. The van der Waals surface area contributed by atoms with Crippen LogP contribution in [0.3, 0.4) is 0 Å². The summed E-state index contributed by atoms with van der Waals surface area (Å²) in [7, 11) is 0. The Labute approximate surface area is 109 Å². The quantitative estimate of drug-likeness (QED) is 0.790. The number of hydrogen-bond acceptors (Lipinski definition) is 1. The summed E-state index contributed by atoms with van der Waals surface area (Å²) in [5, 5.41) is 11.0. The maximum atomic E-state index is 14.0. The van der Waals surface area contributed by atoms with Crippen molar-refractivity contribution in [1.82, 2.24) is 0 Å². The van der Waals surface area contributed by atoms with E-state index in [0.717, 1.165) is 6.42 Å². The molecule has 1 aliphatic carbocycles. The molecule has 1 aromatic carbocycles. The molecule has 1 aliphatic rings. The molecule has 0 bridgehead atoms. The lowest BCUT2D eigenvalue weighted by Crippen LogP contribution is -2.44. The third-order valence-electron chi connectivity index (χ3n) is 3.87. The Morgan fingerprint density at radius 1 is 0.944 bits per heavy atom. The topological polar surface area (TPSA) is 20.2 Å². The summed E-state index contributed by atoms with van der Waals surface area (Å²) >= 11 is 0. The van der Waals surface area contributed by atoms with Gasteiger partial charge in [-0.05, 0) is 36.2 Å². The molecule has 0 amide bonds. The van der Waals surface area contributed by atoms with Crippen LogP contribution in [-0.4, -0.2) is 5.11 Å². The molecule has 0 aliphatic heterocycles. The van der Waals surface area contributed by atoms with Crippen molar-refractivity contribution in [2.24, 2.45) is 10.8 Å². The molecule has 0 aromatic heterocycles. The summed E-state index contributed by atoms with van der Waals surface area (Å²) in [5.74, 6) is -0.298. The molecule has 2 rings (SSSR count). The maximum absolute atomic E-state index is 14.0. The van der Waals surface area contributed by atoms with Crippen molar-refractivity contribution in [2.75, 3.05) is 0 Å². The first-order chi connectivity index (χ1) is 8.14. The van der Waals surface area contributed by atoms with Gasteiger partial charge in [-0.2, -0.15) is 0 Å². The van der Waals surface area contributed by atoms with Gasteiger partial charge in [-0.3, -0.25) is 0 Å². The van der Waals surface area contributed by atoms with Crippen LogP contribution in [0.5, 0.6) is 0 Å². The maximum Gasteiger partial charge on any atom is 0.129 e. The zero-order valence-corrected chi connectivity index (χ0v) is 11.8. The van der Waals surface area contributed by atoms with Crippen molar-refractivity contribution in [3.05, 3.63) is 35.6 Å². The molecule has 1 nitrogen and oxygen atoms in total. The largest absolute Gasteiger partial charge is 0.385 e. The van der Waals surface area contributed by atoms with Gasteiger partial charge in [0.25, 0.3) is 0 Å². The first-order valence-electron chi connectivity index (χ1n) is 6.61. The summed E-state index contributed by atoms with van der Waals surface area (Å²) in [6, 6.07) is 6.61. The van der Waals surface area contributed by atoms with Crippen LogP contribution in [0.2, 0.25) is 0 Å². The molecular weight excluding hydrogens is 227 g/mol. The van der Waals surface area contributed by atoms with Crippen molar-refractivity contribution in [1.29, 1.82) is 0 Å². The van der Waals surface area contributed by atoms with Crippen LogP contribution >= 0.6 is 0 Å². The fourth-order valence-electron chi connectivity index (χ4n) is 4.10. The minimum Gasteiger partial charge on any atom is -0.385 e. The molecule has 0 heterocycles. The number of benzene rings is 1. The molecular formula is C16H23FO. The van der Waals surface area contributed by atoms with E-state index in [9.17, 15) is 9.50 Å². The van der Waals surface area contributed by atoms with E-state index in [4.69, 9.17) is 0 Å². The monoisotopic (exact) mass is 250 g/mol. The zero-order valence-electron chi connectivity index (χ0n) is 11.8. The Hall–Kier alpha value is -0.890. The Morgan fingerprint density at radius 3 is 1.94 bits per heavy atom. The van der Waals surface area contributed by atoms with Gasteiger partial charge in [-0.25, -0.2) is 4.39 Å². The van der Waals surface area contributed by atoms with Crippen LogP contribution in [-0.2, 0) is 5.60 Å². The smallest absolute Gasteiger partial charge is 0.129 e. The van der Waals surface area contributed by atoms with Crippen LogP contribution in [0.1, 0.15) is 52.5 Å². The fourth-order valence-corrected chi connectivity index (χ4v) is 4.10. The van der Waals surface area contributed by atoms with Gasteiger partial charge in [0, 0.05) is 5.56 Å². The van der Waals surface area contributed by atoms with Crippen molar-refractivity contribution in [2.45, 2.75) is 52.6 Å². The predicted molar refractivity (Wildman–Crippen MR) is 71.7 cm³/mol. The number of rotatable bonds is 1. The molecule has 0 unspecified atom stereocenters. The van der Waals surface area contributed by atoms with Crippen molar-refractivity contribution < 1.29 is 9.50 Å². The predicted octanol–water partition coefficient (Wildman–Crippen LogP) is 4.25. The summed E-state index contributed by atoms with van der Waals surface area (Å²) in [6.45, 7) is 8.61. The van der Waals surface area contributed by atoms with Crippen molar-refractivity contribution >= 4 is 0 Å². The molecule has 0 saturated heterocycles. The van der Waals surface area contributed by atoms with Gasteiger partial charge < -0.3 is 5.11 Å². The highest BCUT2D eigenvalue weighted by Gasteiger charge is 2.48. The second-order valence-corrected chi connectivity index (χ2v) is 7.37. The molecule has 1 N–H and O–H groups in total. The fraction of sp³-hybridized carbons (Fsp3) is 0.625. The lowest BCUT2D eigenvalue weighted by molar-refractivity contribution is -0.0931. The van der Waals surface area contributed by atoms with Gasteiger partial charge in [-0.15, -0.1) is 0 Å². The van der Waals surface area contributed by atoms with Crippen molar-refractivity contribution in [3.8, 4) is 0 Å². The van der Waals surface area contributed by atoms with E-state index < -0.39 is 5.60 Å². The summed E-state index contributed by atoms with van der Waals surface area (Å²) in [5.41, 5.74) is -0.542. The number of hydrogen-bond donors (Lipinski definition) is 1. The van der Waals surface area contributed by atoms with Gasteiger partial charge in [0.1, 0.15) is 5.82 Å².